The number of nitrogens with zero attached hydrogens (tertiary/aromatic N) is 3. The van der Waals surface area contributed by atoms with Crippen LogP contribution in [0.5, 0.6) is 0 Å². The molecule has 2 heterocycles. The van der Waals surface area contributed by atoms with Crippen molar-refractivity contribution < 1.29 is 5.11 Å². The van der Waals surface area contributed by atoms with E-state index in [2.05, 4.69) is 32.9 Å². The Morgan fingerprint density at radius 3 is 2.72 bits per heavy atom. The molecule has 0 spiro atoms. The summed E-state index contributed by atoms with van der Waals surface area (Å²) in [7, 11) is 1.85. The minimum absolute atomic E-state index is 0.496. The first kappa shape index (κ1) is 13.2. The molecule has 1 unspecified atom stereocenters. The monoisotopic (exact) mass is 309 g/mol. The normalized spacial score (nSPS) is 12.7. The first-order chi connectivity index (χ1) is 8.60. The summed E-state index contributed by atoms with van der Waals surface area (Å²) in [6.45, 7) is 2.05. The summed E-state index contributed by atoms with van der Waals surface area (Å²) in [5, 5.41) is 14.6. The van der Waals surface area contributed by atoms with Crippen LogP contribution in [0.25, 0.3) is 0 Å². The van der Waals surface area contributed by atoms with Gasteiger partial charge in [-0.3, -0.25) is 9.67 Å². The van der Waals surface area contributed by atoms with Crippen LogP contribution in [0.1, 0.15) is 30.1 Å². The second-order valence-corrected chi connectivity index (χ2v) is 5.14. The number of pyridine rings is 1. The van der Waals surface area contributed by atoms with E-state index < -0.39 is 6.10 Å². The number of aromatic nitrogens is 3. The summed E-state index contributed by atoms with van der Waals surface area (Å²) in [6.07, 6.45) is 2.53. The SMILES string of the molecule is CCc1cc(C(O)Cc2ccc(Br)cn2)n(C)n1. The van der Waals surface area contributed by atoms with Crippen molar-refractivity contribution in [3.05, 3.63) is 46.0 Å². The Hall–Kier alpha value is -1.20. The van der Waals surface area contributed by atoms with Gasteiger partial charge in [-0.1, -0.05) is 6.92 Å². The van der Waals surface area contributed by atoms with Gasteiger partial charge in [0.25, 0.3) is 0 Å². The van der Waals surface area contributed by atoms with Gasteiger partial charge in [-0.25, -0.2) is 0 Å². The third kappa shape index (κ3) is 2.97. The van der Waals surface area contributed by atoms with Gasteiger partial charge >= 0.3 is 0 Å². The topological polar surface area (TPSA) is 50.9 Å². The molecule has 0 bridgehead atoms. The van der Waals surface area contributed by atoms with Crippen LogP contribution in [-0.2, 0) is 19.9 Å². The lowest BCUT2D eigenvalue weighted by Gasteiger charge is -2.10. The van der Waals surface area contributed by atoms with Gasteiger partial charge in [0.05, 0.1) is 11.4 Å². The zero-order valence-corrected chi connectivity index (χ0v) is 12.1. The maximum atomic E-state index is 10.2. The molecular weight excluding hydrogens is 294 g/mol. The summed E-state index contributed by atoms with van der Waals surface area (Å²) in [6, 6.07) is 5.78. The first-order valence-electron chi connectivity index (χ1n) is 5.91. The fourth-order valence-electron chi connectivity index (χ4n) is 1.86. The van der Waals surface area contributed by atoms with E-state index in [1.165, 1.54) is 0 Å². The van der Waals surface area contributed by atoms with Crippen LogP contribution >= 0.6 is 15.9 Å². The highest BCUT2D eigenvalue weighted by Gasteiger charge is 2.14. The molecule has 1 atom stereocenters. The Morgan fingerprint density at radius 2 is 2.17 bits per heavy atom. The minimum atomic E-state index is -0.573. The van der Waals surface area contributed by atoms with E-state index in [1.54, 1.807) is 10.9 Å². The number of aryl methyl sites for hydroxylation is 2. The van der Waals surface area contributed by atoms with E-state index in [0.717, 1.165) is 28.0 Å². The van der Waals surface area contributed by atoms with Crippen LogP contribution in [0.2, 0.25) is 0 Å². The summed E-state index contributed by atoms with van der Waals surface area (Å²) in [4.78, 5) is 4.26. The van der Waals surface area contributed by atoms with Crippen LogP contribution in [0.4, 0.5) is 0 Å². The summed E-state index contributed by atoms with van der Waals surface area (Å²) < 4.78 is 2.68. The van der Waals surface area contributed by atoms with E-state index in [1.807, 2.05) is 25.2 Å². The molecule has 0 fully saturated rings. The first-order valence-corrected chi connectivity index (χ1v) is 6.70. The predicted molar refractivity (Wildman–Crippen MR) is 73.2 cm³/mol. The van der Waals surface area contributed by atoms with Gasteiger partial charge in [0.1, 0.15) is 6.10 Å². The second-order valence-electron chi connectivity index (χ2n) is 4.23. The number of hydrogen-bond donors (Lipinski definition) is 1. The molecule has 2 rings (SSSR count). The number of halogens is 1. The number of aliphatic hydroxyl groups excluding tert-OH is 1. The van der Waals surface area contributed by atoms with Crippen molar-refractivity contribution in [2.75, 3.05) is 0 Å². The van der Waals surface area contributed by atoms with Gasteiger partial charge in [0.15, 0.2) is 0 Å². The maximum Gasteiger partial charge on any atom is 0.101 e. The van der Waals surface area contributed by atoms with E-state index >= 15 is 0 Å². The van der Waals surface area contributed by atoms with Gasteiger partial charge in [0, 0.05) is 29.8 Å². The fraction of sp³-hybridized carbons (Fsp3) is 0.385. The van der Waals surface area contributed by atoms with Crippen molar-refractivity contribution in [3.63, 3.8) is 0 Å². The van der Waals surface area contributed by atoms with Crippen molar-refractivity contribution >= 4 is 15.9 Å². The Labute approximate surface area is 115 Å². The fourth-order valence-corrected chi connectivity index (χ4v) is 2.09. The predicted octanol–water partition coefficient (Wildman–Crippen LogP) is 2.42. The average Bonchev–Trinajstić information content (AvgIpc) is 2.73. The van der Waals surface area contributed by atoms with E-state index in [9.17, 15) is 5.11 Å². The lowest BCUT2D eigenvalue weighted by molar-refractivity contribution is 0.167. The van der Waals surface area contributed by atoms with E-state index in [4.69, 9.17) is 0 Å². The van der Waals surface area contributed by atoms with Gasteiger partial charge in [-0.2, -0.15) is 5.10 Å². The largest absolute Gasteiger partial charge is 0.386 e. The molecule has 0 aliphatic carbocycles. The van der Waals surface area contributed by atoms with Crippen LogP contribution in [0.3, 0.4) is 0 Å². The van der Waals surface area contributed by atoms with Crippen molar-refractivity contribution in [1.29, 1.82) is 0 Å². The van der Waals surface area contributed by atoms with Crippen molar-refractivity contribution in [1.82, 2.24) is 14.8 Å². The molecule has 5 heteroatoms. The van der Waals surface area contributed by atoms with E-state index in [0.29, 0.717) is 6.42 Å². The molecule has 0 aliphatic heterocycles. The highest BCUT2D eigenvalue weighted by Crippen LogP contribution is 2.19. The Morgan fingerprint density at radius 1 is 1.39 bits per heavy atom. The maximum absolute atomic E-state index is 10.2. The highest BCUT2D eigenvalue weighted by molar-refractivity contribution is 9.10. The van der Waals surface area contributed by atoms with Gasteiger partial charge in [-0.05, 0) is 40.5 Å². The molecule has 0 saturated carbocycles. The molecule has 2 aromatic rings. The lowest BCUT2D eigenvalue weighted by Crippen LogP contribution is -2.08. The zero-order chi connectivity index (χ0) is 13.1. The minimum Gasteiger partial charge on any atom is -0.386 e. The third-order valence-corrected chi connectivity index (χ3v) is 3.33. The molecule has 2 aromatic heterocycles. The van der Waals surface area contributed by atoms with Gasteiger partial charge in [0.2, 0.25) is 0 Å². The molecule has 1 N–H and O–H groups in total. The molecule has 18 heavy (non-hydrogen) atoms. The van der Waals surface area contributed by atoms with Crippen molar-refractivity contribution in [2.24, 2.45) is 7.05 Å². The zero-order valence-electron chi connectivity index (χ0n) is 10.5. The molecule has 0 amide bonds. The number of hydrogen-bond acceptors (Lipinski definition) is 3. The molecule has 4 nitrogen and oxygen atoms in total. The van der Waals surface area contributed by atoms with Crippen LogP contribution in [0, 0.1) is 0 Å². The Kier molecular flexibility index (Phi) is 4.14. The molecule has 0 aromatic carbocycles. The second kappa shape index (κ2) is 5.63. The molecule has 0 aliphatic rings. The summed E-state index contributed by atoms with van der Waals surface area (Å²) >= 11 is 3.34. The lowest BCUT2D eigenvalue weighted by atomic mass is 10.1. The van der Waals surface area contributed by atoms with Crippen LogP contribution in [0.15, 0.2) is 28.9 Å². The van der Waals surface area contributed by atoms with Crippen molar-refractivity contribution in [2.45, 2.75) is 25.9 Å². The standard InChI is InChI=1S/C13H16BrN3O/c1-3-10-6-12(17(2)16-10)13(18)7-11-5-4-9(14)8-15-11/h4-6,8,13,18H,3,7H2,1-2H3. The summed E-state index contributed by atoms with van der Waals surface area (Å²) in [5.41, 5.74) is 2.69. The Balaban J connectivity index is 2.13. The Bertz CT molecular complexity index is 522. The van der Waals surface area contributed by atoms with Gasteiger partial charge < -0.3 is 5.11 Å². The number of rotatable bonds is 4. The van der Waals surface area contributed by atoms with E-state index in [-0.39, 0.29) is 0 Å². The smallest absolute Gasteiger partial charge is 0.101 e. The van der Waals surface area contributed by atoms with Gasteiger partial charge in [-0.15, -0.1) is 0 Å². The summed E-state index contributed by atoms with van der Waals surface area (Å²) in [5.74, 6) is 0. The molecular formula is C13H16BrN3O. The molecule has 0 radical (unpaired) electrons. The van der Waals surface area contributed by atoms with Crippen molar-refractivity contribution in [3.8, 4) is 0 Å². The average molecular weight is 310 g/mol. The number of aliphatic hydroxyl groups is 1. The molecule has 0 saturated heterocycles. The third-order valence-electron chi connectivity index (χ3n) is 2.86. The highest BCUT2D eigenvalue weighted by atomic mass is 79.9. The molecule has 96 valence electrons. The quantitative estimate of drug-likeness (QED) is 0.943. The van der Waals surface area contributed by atoms with Crippen LogP contribution < -0.4 is 0 Å². The van der Waals surface area contributed by atoms with Crippen LogP contribution in [-0.4, -0.2) is 19.9 Å².